The Labute approximate surface area is 203 Å². The third kappa shape index (κ3) is 7.53. The highest BCUT2D eigenvalue weighted by molar-refractivity contribution is 9.10. The highest BCUT2D eigenvalue weighted by Gasteiger charge is 2.32. The third-order valence-corrected chi connectivity index (χ3v) is 6.56. The van der Waals surface area contributed by atoms with Gasteiger partial charge in [0.25, 0.3) is 0 Å². The van der Waals surface area contributed by atoms with Gasteiger partial charge < -0.3 is 10.2 Å². The fraction of sp³-hybridized carbons (Fsp3) is 0.391. The summed E-state index contributed by atoms with van der Waals surface area (Å²) in [6.45, 7) is 6.20. The van der Waals surface area contributed by atoms with Gasteiger partial charge in [0.05, 0.1) is 11.9 Å². The van der Waals surface area contributed by atoms with Gasteiger partial charge in [-0.15, -0.1) is 0 Å². The number of nitrogens with zero attached hydrogens (tertiary/aromatic N) is 2. The first-order valence-electron chi connectivity index (χ1n) is 10.3. The lowest BCUT2D eigenvalue weighted by atomic mass is 10.1. The molecule has 2 rings (SSSR count). The van der Waals surface area contributed by atoms with Crippen LogP contribution >= 0.6 is 15.9 Å². The molecule has 33 heavy (non-hydrogen) atoms. The molecule has 0 spiro atoms. The molecule has 180 valence electrons. The monoisotopic (exact) mass is 541 g/mol. The molecule has 1 unspecified atom stereocenters. The first-order chi connectivity index (χ1) is 15.2. The minimum absolute atomic E-state index is 0.197. The van der Waals surface area contributed by atoms with Gasteiger partial charge in [-0.05, 0) is 61.8 Å². The first-order valence-corrected chi connectivity index (χ1v) is 12.9. The molecule has 2 amide bonds. The number of rotatable bonds is 8. The maximum absolute atomic E-state index is 14.4. The van der Waals surface area contributed by atoms with E-state index < -0.39 is 45.8 Å². The summed E-state index contributed by atoms with van der Waals surface area (Å²) in [5, 5.41) is 2.81. The van der Waals surface area contributed by atoms with Crippen LogP contribution in [0.3, 0.4) is 0 Å². The predicted octanol–water partition coefficient (Wildman–Crippen LogP) is 3.69. The lowest BCUT2D eigenvalue weighted by Gasteiger charge is -2.33. The lowest BCUT2D eigenvalue weighted by molar-refractivity contribution is -0.140. The molecule has 2 aromatic rings. The molecule has 0 fully saturated rings. The summed E-state index contributed by atoms with van der Waals surface area (Å²) in [7, 11) is -3.84. The number of amides is 2. The van der Waals surface area contributed by atoms with Gasteiger partial charge in [0, 0.05) is 22.1 Å². The van der Waals surface area contributed by atoms with Gasteiger partial charge in [-0.3, -0.25) is 13.9 Å². The molecule has 0 aliphatic heterocycles. The van der Waals surface area contributed by atoms with E-state index in [0.717, 1.165) is 10.6 Å². The Balaban J connectivity index is 2.43. The smallest absolute Gasteiger partial charge is 0.244 e. The number of benzene rings is 2. The topological polar surface area (TPSA) is 86.8 Å². The van der Waals surface area contributed by atoms with Crippen molar-refractivity contribution < 1.29 is 22.4 Å². The van der Waals surface area contributed by atoms with Crippen LogP contribution in [0.5, 0.6) is 0 Å². The summed E-state index contributed by atoms with van der Waals surface area (Å²) in [5.41, 5.74) is -0.0507. The fourth-order valence-electron chi connectivity index (χ4n) is 3.12. The Bertz CT molecular complexity index is 1120. The van der Waals surface area contributed by atoms with E-state index >= 15 is 0 Å². The number of sulfonamides is 1. The minimum atomic E-state index is -3.84. The van der Waals surface area contributed by atoms with Crippen LogP contribution in [0, 0.1) is 5.82 Å². The Morgan fingerprint density at radius 3 is 2.21 bits per heavy atom. The van der Waals surface area contributed by atoms with Crippen LogP contribution in [0.4, 0.5) is 10.1 Å². The van der Waals surface area contributed by atoms with Crippen molar-refractivity contribution in [2.75, 3.05) is 17.1 Å². The van der Waals surface area contributed by atoms with Crippen LogP contribution < -0.4 is 9.62 Å². The van der Waals surface area contributed by atoms with E-state index in [9.17, 15) is 22.4 Å². The van der Waals surface area contributed by atoms with Crippen molar-refractivity contribution in [3.63, 3.8) is 0 Å². The Morgan fingerprint density at radius 2 is 1.67 bits per heavy atom. The molecule has 0 radical (unpaired) electrons. The van der Waals surface area contributed by atoms with Gasteiger partial charge in [0.1, 0.15) is 18.4 Å². The van der Waals surface area contributed by atoms with E-state index in [0.29, 0.717) is 4.47 Å². The highest BCUT2D eigenvalue weighted by Crippen LogP contribution is 2.28. The normalized spacial score (nSPS) is 12.7. The number of hydrogen-bond donors (Lipinski definition) is 1. The van der Waals surface area contributed by atoms with Crippen LogP contribution in [0.25, 0.3) is 0 Å². The van der Waals surface area contributed by atoms with E-state index in [2.05, 4.69) is 21.2 Å². The molecule has 7 nitrogen and oxygen atoms in total. The zero-order valence-electron chi connectivity index (χ0n) is 19.3. The number of carbonyl (C=O) groups is 2. The Kier molecular flexibility index (Phi) is 8.64. The molecule has 0 saturated carbocycles. The third-order valence-electron chi connectivity index (χ3n) is 4.76. The number of carbonyl (C=O) groups excluding carboxylic acids is 2. The number of para-hydroxylation sites is 1. The maximum atomic E-state index is 14.4. The quantitative estimate of drug-likeness (QED) is 0.552. The van der Waals surface area contributed by atoms with Crippen LogP contribution in [-0.2, 0) is 26.2 Å². The van der Waals surface area contributed by atoms with E-state index in [4.69, 9.17) is 0 Å². The first kappa shape index (κ1) is 26.8. The molecule has 1 atom stereocenters. The second-order valence-electron chi connectivity index (χ2n) is 8.75. The lowest BCUT2D eigenvalue weighted by Crippen LogP contribution is -2.54. The molecule has 0 bridgehead atoms. The van der Waals surface area contributed by atoms with Crippen LogP contribution in [0.15, 0.2) is 53.0 Å². The van der Waals surface area contributed by atoms with Crippen LogP contribution in [0.1, 0.15) is 33.3 Å². The van der Waals surface area contributed by atoms with Gasteiger partial charge in [-0.25, -0.2) is 12.8 Å². The van der Waals surface area contributed by atoms with Crippen LogP contribution in [-0.4, -0.2) is 49.5 Å². The molecular formula is C23H29BrFN3O4S. The predicted molar refractivity (Wildman–Crippen MR) is 131 cm³/mol. The average Bonchev–Trinajstić information content (AvgIpc) is 2.69. The highest BCUT2D eigenvalue weighted by atomic mass is 79.9. The SMILES string of the molecule is CC(C(=O)NC(C)(C)C)N(Cc1ccccc1F)C(=O)CN(c1ccccc1Br)S(C)(=O)=O. The van der Waals surface area contributed by atoms with Crippen molar-refractivity contribution >= 4 is 43.5 Å². The second kappa shape index (κ2) is 10.6. The zero-order valence-corrected chi connectivity index (χ0v) is 21.7. The van der Waals surface area contributed by atoms with Gasteiger partial charge in [-0.1, -0.05) is 30.3 Å². The molecule has 0 aliphatic rings. The van der Waals surface area contributed by atoms with Crippen molar-refractivity contribution in [1.82, 2.24) is 10.2 Å². The van der Waals surface area contributed by atoms with Crippen molar-refractivity contribution in [2.45, 2.75) is 45.8 Å². The molecule has 10 heteroatoms. The summed E-state index contributed by atoms with van der Waals surface area (Å²) < 4.78 is 40.9. The van der Waals surface area contributed by atoms with Gasteiger partial charge >= 0.3 is 0 Å². The molecule has 1 N–H and O–H groups in total. The number of hydrogen-bond acceptors (Lipinski definition) is 4. The van der Waals surface area contributed by atoms with Gasteiger partial charge in [-0.2, -0.15) is 0 Å². The molecule has 0 aliphatic carbocycles. The Morgan fingerprint density at radius 1 is 1.09 bits per heavy atom. The van der Waals surface area contributed by atoms with Crippen molar-refractivity contribution in [3.8, 4) is 0 Å². The number of nitrogens with one attached hydrogen (secondary N) is 1. The van der Waals surface area contributed by atoms with Crippen LogP contribution in [0.2, 0.25) is 0 Å². The largest absolute Gasteiger partial charge is 0.350 e. The number of anilines is 1. The van der Waals surface area contributed by atoms with E-state index in [1.54, 1.807) is 51.1 Å². The summed E-state index contributed by atoms with van der Waals surface area (Å²) in [6, 6.07) is 11.6. The van der Waals surface area contributed by atoms with Gasteiger partial charge in [0.2, 0.25) is 21.8 Å². The minimum Gasteiger partial charge on any atom is -0.350 e. The van der Waals surface area contributed by atoms with E-state index in [1.165, 1.54) is 30.0 Å². The summed E-state index contributed by atoms with van der Waals surface area (Å²) >= 11 is 3.32. The fourth-order valence-corrected chi connectivity index (χ4v) is 4.59. The molecular weight excluding hydrogens is 513 g/mol. The molecule has 0 aromatic heterocycles. The summed E-state index contributed by atoms with van der Waals surface area (Å²) in [5.74, 6) is -1.60. The molecule has 0 saturated heterocycles. The average molecular weight is 542 g/mol. The number of halogens is 2. The molecule has 0 heterocycles. The summed E-state index contributed by atoms with van der Waals surface area (Å²) in [4.78, 5) is 27.5. The van der Waals surface area contributed by atoms with Gasteiger partial charge in [0.15, 0.2) is 0 Å². The Hall–Kier alpha value is -2.46. The van der Waals surface area contributed by atoms with Crippen molar-refractivity contribution in [1.29, 1.82) is 0 Å². The second-order valence-corrected chi connectivity index (χ2v) is 11.5. The summed E-state index contributed by atoms with van der Waals surface area (Å²) in [6.07, 6.45) is 0.997. The standard InChI is InChI=1S/C23H29BrFN3O4S/c1-16(22(30)26-23(2,3)4)27(14-17-10-6-8-12-19(17)25)21(29)15-28(33(5,31)32)20-13-9-7-11-18(20)24/h6-13,16H,14-15H2,1-5H3,(H,26,30). The maximum Gasteiger partial charge on any atom is 0.244 e. The molecule has 2 aromatic carbocycles. The van der Waals surface area contributed by atoms with E-state index in [-0.39, 0.29) is 17.8 Å². The van der Waals surface area contributed by atoms with Crippen molar-refractivity contribution in [2.24, 2.45) is 0 Å². The van der Waals surface area contributed by atoms with Crippen molar-refractivity contribution in [3.05, 3.63) is 64.4 Å². The van der Waals surface area contributed by atoms with E-state index in [1.807, 2.05) is 0 Å². The zero-order chi connectivity index (χ0) is 25.0.